The molecule has 1 aromatic carbocycles. The van der Waals surface area contributed by atoms with Gasteiger partial charge in [-0.05, 0) is 12.1 Å². The Morgan fingerprint density at radius 1 is 1.42 bits per heavy atom. The summed E-state index contributed by atoms with van der Waals surface area (Å²) in [6, 6.07) is 7.69. The quantitative estimate of drug-likeness (QED) is 0.502. The van der Waals surface area contributed by atoms with Gasteiger partial charge in [-0.25, -0.2) is 4.99 Å². The summed E-state index contributed by atoms with van der Waals surface area (Å²) in [4.78, 5) is 4.16. The number of amidine groups is 1. The fourth-order valence-electron chi connectivity index (χ4n) is 1.15. The van der Waals surface area contributed by atoms with Gasteiger partial charge < -0.3 is 5.32 Å². The van der Waals surface area contributed by atoms with Crippen LogP contribution in [0.4, 0.5) is 11.4 Å². The second kappa shape index (κ2) is 2.83. The molecule has 62 valence electrons. The predicted octanol–water partition coefficient (Wildman–Crippen LogP) is 1.12. The molecule has 0 fully saturated rings. The number of aliphatic imine (C=N–C) groups is 1. The normalized spacial score (nSPS) is 14.2. The van der Waals surface area contributed by atoms with Crippen LogP contribution >= 0.6 is 0 Å². The number of nitrogens with zero attached hydrogens (tertiary/aromatic N) is 1. The summed E-state index contributed by atoms with van der Waals surface area (Å²) in [6.07, 6.45) is 0. The Morgan fingerprint density at radius 3 is 3.08 bits per heavy atom. The van der Waals surface area contributed by atoms with Crippen LogP contribution in [0.2, 0.25) is 0 Å². The summed E-state index contributed by atoms with van der Waals surface area (Å²) < 4.78 is 0. The Labute approximate surface area is 69.9 Å². The number of hydrogen-bond acceptors (Lipinski definition) is 4. The molecule has 0 aromatic heterocycles. The molecule has 1 aromatic rings. The minimum Gasteiger partial charge on any atom is -0.376 e. The molecule has 1 aliphatic rings. The monoisotopic (exact) mass is 163 g/mol. The standard InChI is InChI=1S/C8H9N3O/c12-11-8-5-9-6-3-1-2-4-7(6)10-8/h1-4,9,12H,5H2,(H,10,11). The molecule has 0 saturated heterocycles. The van der Waals surface area contributed by atoms with Gasteiger partial charge in [0.25, 0.3) is 0 Å². The molecule has 1 aliphatic heterocycles. The summed E-state index contributed by atoms with van der Waals surface area (Å²) >= 11 is 0. The molecule has 3 N–H and O–H groups in total. The van der Waals surface area contributed by atoms with E-state index in [1.165, 1.54) is 0 Å². The number of hydroxylamine groups is 1. The Balaban J connectivity index is 2.41. The van der Waals surface area contributed by atoms with Crippen LogP contribution in [-0.4, -0.2) is 17.6 Å². The molecule has 4 nitrogen and oxygen atoms in total. The van der Waals surface area contributed by atoms with Gasteiger partial charge >= 0.3 is 0 Å². The summed E-state index contributed by atoms with van der Waals surface area (Å²) in [5, 5.41) is 11.7. The van der Waals surface area contributed by atoms with Gasteiger partial charge in [0.05, 0.1) is 17.9 Å². The average molecular weight is 163 g/mol. The van der Waals surface area contributed by atoms with Gasteiger partial charge in [-0.15, -0.1) is 0 Å². The molecule has 0 amide bonds. The molecule has 2 rings (SSSR count). The van der Waals surface area contributed by atoms with Crippen LogP contribution in [0.3, 0.4) is 0 Å². The molecule has 0 bridgehead atoms. The highest BCUT2D eigenvalue weighted by atomic mass is 16.5. The van der Waals surface area contributed by atoms with Gasteiger partial charge in [0, 0.05) is 0 Å². The van der Waals surface area contributed by atoms with E-state index < -0.39 is 0 Å². The van der Waals surface area contributed by atoms with Crippen LogP contribution in [0.15, 0.2) is 29.3 Å². The number of hydrogen-bond donors (Lipinski definition) is 3. The Bertz CT molecular complexity index is 322. The molecule has 0 aliphatic carbocycles. The highest BCUT2D eigenvalue weighted by Crippen LogP contribution is 2.26. The first-order valence-electron chi connectivity index (χ1n) is 3.71. The first-order chi connectivity index (χ1) is 5.90. The van der Waals surface area contributed by atoms with Crippen molar-refractivity contribution in [2.75, 3.05) is 11.9 Å². The lowest BCUT2D eigenvalue weighted by Crippen LogP contribution is -2.29. The van der Waals surface area contributed by atoms with E-state index in [9.17, 15) is 0 Å². The van der Waals surface area contributed by atoms with Crippen molar-refractivity contribution in [3.63, 3.8) is 0 Å². The zero-order chi connectivity index (χ0) is 8.39. The lowest BCUT2D eigenvalue weighted by molar-refractivity contribution is 0.233. The zero-order valence-electron chi connectivity index (χ0n) is 6.41. The highest BCUT2D eigenvalue weighted by molar-refractivity contribution is 5.92. The SMILES string of the molecule is ONC1=Nc2ccccc2NC1. The van der Waals surface area contributed by atoms with Crippen molar-refractivity contribution in [3.05, 3.63) is 24.3 Å². The lowest BCUT2D eigenvalue weighted by Gasteiger charge is -2.15. The fourth-order valence-corrected chi connectivity index (χ4v) is 1.15. The molecular formula is C8H9N3O. The third kappa shape index (κ3) is 1.12. The van der Waals surface area contributed by atoms with Gasteiger partial charge in [0.2, 0.25) is 0 Å². The van der Waals surface area contributed by atoms with Crippen molar-refractivity contribution in [2.24, 2.45) is 4.99 Å². The van der Waals surface area contributed by atoms with Gasteiger partial charge in [0.15, 0.2) is 0 Å². The van der Waals surface area contributed by atoms with E-state index in [2.05, 4.69) is 10.3 Å². The van der Waals surface area contributed by atoms with Crippen molar-refractivity contribution in [3.8, 4) is 0 Å². The van der Waals surface area contributed by atoms with Crippen molar-refractivity contribution >= 4 is 17.2 Å². The van der Waals surface area contributed by atoms with E-state index in [1.807, 2.05) is 29.7 Å². The Hall–Kier alpha value is -1.55. The first-order valence-corrected chi connectivity index (χ1v) is 3.71. The molecule has 1 heterocycles. The largest absolute Gasteiger partial charge is 0.376 e. The maximum Gasteiger partial charge on any atom is 0.145 e. The number of fused-ring (bicyclic) bond motifs is 1. The Kier molecular flexibility index (Phi) is 1.68. The summed E-state index contributed by atoms with van der Waals surface area (Å²) in [6.45, 7) is 0.535. The Morgan fingerprint density at radius 2 is 2.25 bits per heavy atom. The number of benzene rings is 1. The van der Waals surface area contributed by atoms with Crippen LogP contribution in [-0.2, 0) is 0 Å². The highest BCUT2D eigenvalue weighted by Gasteiger charge is 2.08. The van der Waals surface area contributed by atoms with Gasteiger partial charge in [0.1, 0.15) is 5.84 Å². The van der Waals surface area contributed by atoms with Crippen LogP contribution in [0.25, 0.3) is 0 Å². The van der Waals surface area contributed by atoms with E-state index >= 15 is 0 Å². The first kappa shape index (κ1) is 7.12. The summed E-state index contributed by atoms with van der Waals surface area (Å²) in [5.41, 5.74) is 3.88. The molecular weight excluding hydrogens is 154 g/mol. The fraction of sp³-hybridized carbons (Fsp3) is 0.125. The molecule has 0 spiro atoms. The third-order valence-electron chi connectivity index (χ3n) is 1.73. The topological polar surface area (TPSA) is 56.6 Å². The molecule has 4 heteroatoms. The van der Waals surface area contributed by atoms with E-state index in [0.29, 0.717) is 12.4 Å². The minimum absolute atomic E-state index is 0.535. The second-order valence-electron chi connectivity index (χ2n) is 2.54. The van der Waals surface area contributed by atoms with Crippen LogP contribution in [0, 0.1) is 0 Å². The van der Waals surface area contributed by atoms with Crippen molar-refractivity contribution < 1.29 is 5.21 Å². The van der Waals surface area contributed by atoms with Crippen molar-refractivity contribution in [2.45, 2.75) is 0 Å². The summed E-state index contributed by atoms with van der Waals surface area (Å²) in [7, 11) is 0. The smallest absolute Gasteiger partial charge is 0.145 e. The van der Waals surface area contributed by atoms with Gasteiger partial charge in [-0.3, -0.25) is 10.7 Å². The number of rotatable bonds is 0. The van der Waals surface area contributed by atoms with Crippen LogP contribution < -0.4 is 10.8 Å². The number of anilines is 1. The molecule has 0 saturated carbocycles. The minimum atomic E-state index is 0.535. The van der Waals surface area contributed by atoms with Crippen molar-refractivity contribution in [1.29, 1.82) is 0 Å². The van der Waals surface area contributed by atoms with Crippen molar-refractivity contribution in [1.82, 2.24) is 5.48 Å². The number of nitrogens with one attached hydrogen (secondary N) is 2. The van der Waals surface area contributed by atoms with E-state index in [4.69, 9.17) is 5.21 Å². The molecule has 0 radical (unpaired) electrons. The maximum atomic E-state index is 8.60. The van der Waals surface area contributed by atoms with Gasteiger partial charge in [-0.2, -0.15) is 0 Å². The third-order valence-corrected chi connectivity index (χ3v) is 1.73. The van der Waals surface area contributed by atoms with Crippen LogP contribution in [0.5, 0.6) is 0 Å². The number of para-hydroxylation sites is 2. The van der Waals surface area contributed by atoms with Crippen LogP contribution in [0.1, 0.15) is 0 Å². The maximum absolute atomic E-state index is 8.60. The molecule has 0 atom stereocenters. The lowest BCUT2D eigenvalue weighted by atomic mass is 10.2. The summed E-state index contributed by atoms with van der Waals surface area (Å²) in [5.74, 6) is 0.536. The second-order valence-corrected chi connectivity index (χ2v) is 2.54. The zero-order valence-corrected chi connectivity index (χ0v) is 6.41. The predicted molar refractivity (Wildman–Crippen MR) is 46.9 cm³/mol. The van der Waals surface area contributed by atoms with E-state index in [-0.39, 0.29) is 0 Å². The van der Waals surface area contributed by atoms with E-state index in [0.717, 1.165) is 11.4 Å². The molecule has 0 unspecified atom stereocenters. The molecule has 12 heavy (non-hydrogen) atoms. The van der Waals surface area contributed by atoms with Gasteiger partial charge in [-0.1, -0.05) is 12.1 Å². The van der Waals surface area contributed by atoms with E-state index in [1.54, 1.807) is 0 Å². The average Bonchev–Trinajstić information content (AvgIpc) is 2.17.